The Balaban J connectivity index is 1.39. The Kier molecular flexibility index (Phi) is 6.69. The number of amides is 3. The molecule has 0 unspecified atom stereocenters. The number of carbonyl (C=O) groups excluding carboxylic acids is 3. The van der Waals surface area contributed by atoms with Gasteiger partial charge in [0.05, 0.1) is 23.9 Å². The van der Waals surface area contributed by atoms with Gasteiger partial charge in [0, 0.05) is 18.5 Å². The van der Waals surface area contributed by atoms with Crippen LogP contribution in [0.5, 0.6) is 0 Å². The highest BCUT2D eigenvalue weighted by Crippen LogP contribution is 2.17. The number of thiazole rings is 1. The third kappa shape index (κ3) is 5.72. The molecule has 2 aromatic heterocycles. The number of nitrogens with zero attached hydrogens (tertiary/aromatic N) is 1. The molecule has 150 valence electrons. The predicted octanol–water partition coefficient (Wildman–Crippen LogP) is 2.22. The number of anilines is 1. The molecule has 1 aromatic carbocycles. The van der Waals surface area contributed by atoms with Crippen LogP contribution < -0.4 is 16.0 Å². The number of nitrogens with one attached hydrogen (secondary N) is 3. The van der Waals surface area contributed by atoms with E-state index in [0.29, 0.717) is 10.8 Å². The zero-order valence-electron chi connectivity index (χ0n) is 15.1. The molecule has 0 radical (unpaired) electrons. The Morgan fingerprint density at radius 2 is 1.83 bits per heavy atom. The van der Waals surface area contributed by atoms with Crippen LogP contribution in [0, 0.1) is 5.82 Å². The highest BCUT2D eigenvalue weighted by atomic mass is 32.1. The largest absolute Gasteiger partial charge is 0.459 e. The quantitative estimate of drug-likeness (QED) is 0.487. The van der Waals surface area contributed by atoms with Gasteiger partial charge in [0.2, 0.25) is 5.91 Å². The van der Waals surface area contributed by atoms with Gasteiger partial charge in [-0.25, -0.2) is 9.37 Å². The van der Waals surface area contributed by atoms with Crippen molar-refractivity contribution in [1.82, 2.24) is 15.6 Å². The third-order valence-electron chi connectivity index (χ3n) is 3.71. The first-order valence-corrected chi connectivity index (χ1v) is 9.49. The summed E-state index contributed by atoms with van der Waals surface area (Å²) in [5, 5.41) is 9.78. The third-order valence-corrected chi connectivity index (χ3v) is 4.52. The molecular weight excluding hydrogens is 399 g/mol. The monoisotopic (exact) mass is 416 g/mol. The zero-order chi connectivity index (χ0) is 20.6. The number of furan rings is 1. The molecule has 3 N–H and O–H groups in total. The summed E-state index contributed by atoms with van der Waals surface area (Å²) in [7, 11) is 0. The van der Waals surface area contributed by atoms with Crippen molar-refractivity contribution < 1.29 is 23.2 Å². The van der Waals surface area contributed by atoms with E-state index in [0.717, 1.165) is 0 Å². The van der Waals surface area contributed by atoms with Crippen molar-refractivity contribution in [2.45, 2.75) is 6.42 Å². The maximum Gasteiger partial charge on any atom is 0.293 e. The molecule has 8 nitrogen and oxygen atoms in total. The van der Waals surface area contributed by atoms with Crippen LogP contribution in [0.3, 0.4) is 0 Å². The number of halogens is 1. The average Bonchev–Trinajstić information content (AvgIpc) is 3.38. The number of carbonyl (C=O) groups is 3. The number of hydrogen-bond acceptors (Lipinski definition) is 6. The van der Waals surface area contributed by atoms with Crippen molar-refractivity contribution in [2.24, 2.45) is 0 Å². The van der Waals surface area contributed by atoms with E-state index < -0.39 is 17.6 Å². The smallest absolute Gasteiger partial charge is 0.293 e. The van der Waals surface area contributed by atoms with Crippen molar-refractivity contribution in [3.8, 4) is 0 Å². The van der Waals surface area contributed by atoms with Crippen LogP contribution in [0.15, 0.2) is 52.5 Å². The van der Waals surface area contributed by atoms with E-state index in [9.17, 15) is 18.8 Å². The Morgan fingerprint density at radius 1 is 1.03 bits per heavy atom. The van der Waals surface area contributed by atoms with Gasteiger partial charge in [-0.1, -0.05) is 12.1 Å². The number of aromatic nitrogens is 1. The van der Waals surface area contributed by atoms with Crippen LogP contribution in [0.25, 0.3) is 0 Å². The predicted molar refractivity (Wildman–Crippen MR) is 104 cm³/mol. The molecule has 3 amide bonds. The second-order valence-corrected chi connectivity index (χ2v) is 6.70. The summed E-state index contributed by atoms with van der Waals surface area (Å²) >= 11 is 1.19. The standard InChI is InChI=1S/C19H17FN4O4S/c20-14-5-2-1-4-13(14)17(26)22-8-7-21-16(25)10-12-11-29-19(23-12)24-18(27)15-6-3-9-28-15/h1-6,9,11H,7-8,10H2,(H,21,25)(H,22,26)(H,23,24,27). The molecule has 0 fully saturated rings. The molecule has 0 aliphatic carbocycles. The van der Waals surface area contributed by atoms with Crippen LogP contribution in [-0.2, 0) is 11.2 Å². The fraction of sp³-hybridized carbons (Fsp3) is 0.158. The van der Waals surface area contributed by atoms with Gasteiger partial charge in [-0.05, 0) is 24.3 Å². The topological polar surface area (TPSA) is 113 Å². The maximum atomic E-state index is 13.5. The van der Waals surface area contributed by atoms with Gasteiger partial charge in [-0.2, -0.15) is 0 Å². The summed E-state index contributed by atoms with van der Waals surface area (Å²) in [5.41, 5.74) is 0.447. The highest BCUT2D eigenvalue weighted by molar-refractivity contribution is 7.14. The van der Waals surface area contributed by atoms with Crippen LogP contribution in [-0.4, -0.2) is 35.8 Å². The molecule has 2 heterocycles. The minimum Gasteiger partial charge on any atom is -0.459 e. The van der Waals surface area contributed by atoms with Gasteiger partial charge in [-0.3, -0.25) is 19.7 Å². The minimum absolute atomic E-state index is 0.0222. The van der Waals surface area contributed by atoms with E-state index in [1.54, 1.807) is 17.5 Å². The summed E-state index contributed by atoms with van der Waals surface area (Å²) in [6, 6.07) is 8.79. The Bertz CT molecular complexity index is 1000. The van der Waals surface area contributed by atoms with E-state index in [-0.39, 0.29) is 36.7 Å². The summed E-state index contributed by atoms with van der Waals surface area (Å²) < 4.78 is 18.5. The van der Waals surface area contributed by atoms with Crippen molar-refractivity contribution in [2.75, 3.05) is 18.4 Å². The molecule has 0 saturated heterocycles. The Morgan fingerprint density at radius 3 is 2.59 bits per heavy atom. The van der Waals surface area contributed by atoms with Crippen molar-refractivity contribution in [1.29, 1.82) is 0 Å². The fourth-order valence-electron chi connectivity index (χ4n) is 2.36. The van der Waals surface area contributed by atoms with Gasteiger partial charge in [-0.15, -0.1) is 11.3 Å². The van der Waals surface area contributed by atoms with E-state index in [1.807, 2.05) is 0 Å². The van der Waals surface area contributed by atoms with Gasteiger partial charge >= 0.3 is 0 Å². The lowest BCUT2D eigenvalue weighted by Crippen LogP contribution is -2.35. The Hall–Kier alpha value is -3.53. The van der Waals surface area contributed by atoms with Crippen molar-refractivity contribution >= 4 is 34.2 Å². The summed E-state index contributed by atoms with van der Waals surface area (Å²) in [6.07, 6.45) is 1.42. The first-order chi connectivity index (χ1) is 14.0. The van der Waals surface area contributed by atoms with Crippen LogP contribution in [0.4, 0.5) is 9.52 Å². The molecule has 29 heavy (non-hydrogen) atoms. The summed E-state index contributed by atoms with van der Waals surface area (Å²) in [6.45, 7) is 0.339. The summed E-state index contributed by atoms with van der Waals surface area (Å²) in [4.78, 5) is 39.9. The van der Waals surface area contributed by atoms with Crippen LogP contribution >= 0.6 is 11.3 Å². The molecule has 0 aliphatic heterocycles. The lowest BCUT2D eigenvalue weighted by atomic mass is 10.2. The maximum absolute atomic E-state index is 13.5. The molecule has 3 rings (SSSR count). The van der Waals surface area contributed by atoms with E-state index in [1.165, 1.54) is 41.9 Å². The molecule has 10 heteroatoms. The lowest BCUT2D eigenvalue weighted by Gasteiger charge is -2.07. The molecular formula is C19H17FN4O4S. The van der Waals surface area contributed by atoms with Gasteiger partial charge < -0.3 is 15.1 Å². The van der Waals surface area contributed by atoms with Crippen LogP contribution in [0.2, 0.25) is 0 Å². The molecule has 0 bridgehead atoms. The second kappa shape index (κ2) is 9.60. The fourth-order valence-corrected chi connectivity index (χ4v) is 3.06. The van der Waals surface area contributed by atoms with Crippen molar-refractivity contribution in [3.05, 3.63) is 70.9 Å². The van der Waals surface area contributed by atoms with Gasteiger partial charge in [0.1, 0.15) is 5.82 Å². The highest BCUT2D eigenvalue weighted by Gasteiger charge is 2.13. The number of rotatable bonds is 8. The zero-order valence-corrected chi connectivity index (χ0v) is 15.9. The number of hydrogen-bond donors (Lipinski definition) is 3. The first kappa shape index (κ1) is 20.2. The SMILES string of the molecule is O=C(Cc1csc(NC(=O)c2ccco2)n1)NCCNC(=O)c1ccccc1F. The lowest BCUT2D eigenvalue weighted by molar-refractivity contribution is -0.120. The Labute approximate surface area is 169 Å². The van der Waals surface area contributed by atoms with E-state index in [4.69, 9.17) is 4.42 Å². The second-order valence-electron chi connectivity index (χ2n) is 5.84. The molecule has 0 spiro atoms. The van der Waals surface area contributed by atoms with Crippen molar-refractivity contribution in [3.63, 3.8) is 0 Å². The van der Waals surface area contributed by atoms with Gasteiger partial charge in [0.15, 0.2) is 10.9 Å². The molecule has 0 atom stereocenters. The van der Waals surface area contributed by atoms with E-state index in [2.05, 4.69) is 20.9 Å². The minimum atomic E-state index is -0.604. The average molecular weight is 416 g/mol. The number of benzene rings is 1. The summed E-state index contributed by atoms with van der Waals surface area (Å²) in [5.74, 6) is -1.71. The first-order valence-electron chi connectivity index (χ1n) is 8.61. The van der Waals surface area contributed by atoms with Gasteiger partial charge in [0.25, 0.3) is 11.8 Å². The van der Waals surface area contributed by atoms with Crippen LogP contribution in [0.1, 0.15) is 26.6 Å². The molecule has 0 aliphatic rings. The molecule has 3 aromatic rings. The van der Waals surface area contributed by atoms with E-state index >= 15 is 0 Å². The normalized spacial score (nSPS) is 10.4. The molecule has 0 saturated carbocycles.